The van der Waals surface area contributed by atoms with E-state index in [4.69, 9.17) is 9.15 Å². The van der Waals surface area contributed by atoms with E-state index in [1.165, 1.54) is 0 Å². The van der Waals surface area contributed by atoms with Crippen molar-refractivity contribution in [2.45, 2.75) is 18.9 Å². The lowest BCUT2D eigenvalue weighted by atomic mass is 9.99. The maximum absolute atomic E-state index is 11.4. The Kier molecular flexibility index (Phi) is 2.26. The summed E-state index contributed by atoms with van der Waals surface area (Å²) in [5.74, 6) is 0.281. The molecule has 1 saturated heterocycles. The number of ether oxygens (including phenoxy) is 1. The SMILES string of the molecule is O=C1CCOC(c2ccc3occc3c2)C1. The van der Waals surface area contributed by atoms with Crippen LogP contribution in [0.2, 0.25) is 0 Å². The van der Waals surface area contributed by atoms with E-state index in [9.17, 15) is 4.79 Å². The van der Waals surface area contributed by atoms with Crippen molar-refractivity contribution in [2.24, 2.45) is 0 Å². The molecule has 1 aliphatic heterocycles. The Balaban J connectivity index is 1.95. The Hall–Kier alpha value is -1.61. The minimum absolute atomic E-state index is 0.0828. The van der Waals surface area contributed by atoms with Crippen molar-refractivity contribution in [2.75, 3.05) is 6.61 Å². The van der Waals surface area contributed by atoms with E-state index in [2.05, 4.69) is 0 Å². The molecule has 0 amide bonds. The summed E-state index contributed by atoms with van der Waals surface area (Å²) < 4.78 is 10.9. The predicted octanol–water partition coefficient (Wildman–Crippen LogP) is 2.85. The predicted molar refractivity (Wildman–Crippen MR) is 59.1 cm³/mol. The van der Waals surface area contributed by atoms with Crippen LogP contribution in [0.1, 0.15) is 24.5 Å². The number of furan rings is 1. The van der Waals surface area contributed by atoms with Gasteiger partial charge in [-0.1, -0.05) is 6.07 Å². The molecule has 2 aromatic rings. The lowest BCUT2D eigenvalue weighted by molar-refractivity contribution is -0.128. The largest absolute Gasteiger partial charge is 0.464 e. The number of carbonyl (C=O) groups is 1. The first-order valence-electron chi connectivity index (χ1n) is 5.43. The maximum Gasteiger partial charge on any atom is 0.138 e. The van der Waals surface area contributed by atoms with Crippen LogP contribution in [0.25, 0.3) is 11.0 Å². The van der Waals surface area contributed by atoms with Crippen molar-refractivity contribution in [1.82, 2.24) is 0 Å². The molecule has 0 spiro atoms. The van der Waals surface area contributed by atoms with E-state index >= 15 is 0 Å². The molecule has 1 atom stereocenters. The molecular weight excluding hydrogens is 204 g/mol. The number of hydrogen-bond donors (Lipinski definition) is 0. The molecule has 0 aliphatic carbocycles. The summed E-state index contributed by atoms with van der Waals surface area (Å²) in [6, 6.07) is 7.84. The first-order valence-corrected chi connectivity index (χ1v) is 5.43. The van der Waals surface area contributed by atoms with E-state index in [0.717, 1.165) is 16.5 Å². The van der Waals surface area contributed by atoms with E-state index in [1.807, 2.05) is 24.3 Å². The third-order valence-corrected chi connectivity index (χ3v) is 2.96. The first-order chi connectivity index (χ1) is 7.83. The van der Waals surface area contributed by atoms with Crippen molar-refractivity contribution >= 4 is 16.8 Å². The van der Waals surface area contributed by atoms with Gasteiger partial charge < -0.3 is 9.15 Å². The van der Waals surface area contributed by atoms with Crippen LogP contribution in [0.5, 0.6) is 0 Å². The molecule has 16 heavy (non-hydrogen) atoms. The molecule has 0 N–H and O–H groups in total. The highest BCUT2D eigenvalue weighted by molar-refractivity contribution is 5.81. The minimum atomic E-state index is -0.0828. The van der Waals surface area contributed by atoms with Gasteiger partial charge in [-0.25, -0.2) is 0 Å². The molecule has 1 aromatic carbocycles. The second-order valence-corrected chi connectivity index (χ2v) is 4.07. The summed E-state index contributed by atoms with van der Waals surface area (Å²) in [7, 11) is 0. The average Bonchev–Trinajstić information content (AvgIpc) is 2.75. The van der Waals surface area contributed by atoms with E-state index in [1.54, 1.807) is 6.26 Å². The van der Waals surface area contributed by atoms with E-state index in [0.29, 0.717) is 19.4 Å². The summed E-state index contributed by atoms with van der Waals surface area (Å²) in [6.45, 7) is 0.535. The quantitative estimate of drug-likeness (QED) is 0.735. The van der Waals surface area contributed by atoms with Gasteiger partial charge in [-0.2, -0.15) is 0 Å². The number of benzene rings is 1. The van der Waals surface area contributed by atoms with Gasteiger partial charge in [-0.15, -0.1) is 0 Å². The summed E-state index contributed by atoms with van der Waals surface area (Å²) in [4.78, 5) is 11.4. The topological polar surface area (TPSA) is 39.4 Å². The van der Waals surface area contributed by atoms with Crippen LogP contribution in [-0.4, -0.2) is 12.4 Å². The Bertz CT molecular complexity index is 527. The molecule has 1 aromatic heterocycles. The molecular formula is C13H12O3. The molecule has 0 bridgehead atoms. The van der Waals surface area contributed by atoms with Gasteiger partial charge in [-0.05, 0) is 23.8 Å². The minimum Gasteiger partial charge on any atom is -0.464 e. The summed E-state index contributed by atoms with van der Waals surface area (Å²) in [5, 5.41) is 1.05. The molecule has 0 saturated carbocycles. The van der Waals surface area contributed by atoms with Gasteiger partial charge in [0.1, 0.15) is 11.4 Å². The van der Waals surface area contributed by atoms with Gasteiger partial charge in [0.05, 0.1) is 19.0 Å². The second kappa shape index (κ2) is 3.76. The lowest BCUT2D eigenvalue weighted by Crippen LogP contribution is -2.19. The van der Waals surface area contributed by atoms with Crippen LogP contribution >= 0.6 is 0 Å². The van der Waals surface area contributed by atoms with E-state index < -0.39 is 0 Å². The number of fused-ring (bicyclic) bond motifs is 1. The fraction of sp³-hybridized carbons (Fsp3) is 0.308. The zero-order chi connectivity index (χ0) is 11.0. The van der Waals surface area contributed by atoms with Crippen LogP contribution in [0.15, 0.2) is 34.9 Å². The monoisotopic (exact) mass is 216 g/mol. The smallest absolute Gasteiger partial charge is 0.138 e. The molecule has 3 nitrogen and oxygen atoms in total. The highest BCUT2D eigenvalue weighted by Gasteiger charge is 2.21. The van der Waals surface area contributed by atoms with Gasteiger partial charge in [0, 0.05) is 18.2 Å². The fourth-order valence-corrected chi connectivity index (χ4v) is 2.08. The highest BCUT2D eigenvalue weighted by Crippen LogP contribution is 2.28. The van der Waals surface area contributed by atoms with Gasteiger partial charge >= 0.3 is 0 Å². The van der Waals surface area contributed by atoms with Crippen molar-refractivity contribution < 1.29 is 13.9 Å². The van der Waals surface area contributed by atoms with Crippen LogP contribution < -0.4 is 0 Å². The van der Waals surface area contributed by atoms with Crippen LogP contribution in [0.3, 0.4) is 0 Å². The van der Waals surface area contributed by atoms with Gasteiger partial charge in [0.2, 0.25) is 0 Å². The standard InChI is InChI=1S/C13H12O3/c14-11-4-6-16-13(8-11)9-1-2-12-10(7-9)3-5-15-12/h1-3,5,7,13H,4,6,8H2. The van der Waals surface area contributed by atoms with Crippen molar-refractivity contribution in [3.8, 4) is 0 Å². The first kappa shape index (κ1) is 9.60. The van der Waals surface area contributed by atoms with Crippen molar-refractivity contribution in [3.05, 3.63) is 36.1 Å². The molecule has 3 heteroatoms. The Morgan fingerprint density at radius 1 is 1.25 bits per heavy atom. The summed E-state index contributed by atoms with van der Waals surface area (Å²) >= 11 is 0. The number of Topliss-reactive ketones (excluding diaryl/α,β-unsaturated/α-hetero) is 1. The molecule has 1 aliphatic rings. The molecule has 3 rings (SSSR count). The lowest BCUT2D eigenvalue weighted by Gasteiger charge is -2.22. The zero-order valence-electron chi connectivity index (χ0n) is 8.81. The van der Waals surface area contributed by atoms with Crippen LogP contribution in [0, 0.1) is 0 Å². The molecule has 1 fully saturated rings. The Morgan fingerprint density at radius 2 is 2.19 bits per heavy atom. The molecule has 2 heterocycles. The Labute approximate surface area is 93.0 Å². The summed E-state index contributed by atoms with van der Waals surface area (Å²) in [6.07, 6.45) is 2.62. The van der Waals surface area contributed by atoms with Crippen LogP contribution in [-0.2, 0) is 9.53 Å². The molecule has 1 unspecified atom stereocenters. The molecule has 82 valence electrons. The van der Waals surface area contributed by atoms with Gasteiger partial charge in [0.25, 0.3) is 0 Å². The third kappa shape index (κ3) is 1.63. The van der Waals surface area contributed by atoms with Gasteiger partial charge in [-0.3, -0.25) is 4.79 Å². The number of hydrogen-bond acceptors (Lipinski definition) is 3. The van der Waals surface area contributed by atoms with Crippen LogP contribution in [0.4, 0.5) is 0 Å². The number of rotatable bonds is 1. The Morgan fingerprint density at radius 3 is 3.06 bits per heavy atom. The second-order valence-electron chi connectivity index (χ2n) is 4.07. The zero-order valence-corrected chi connectivity index (χ0v) is 8.81. The maximum atomic E-state index is 11.4. The highest BCUT2D eigenvalue weighted by atomic mass is 16.5. The van der Waals surface area contributed by atoms with E-state index in [-0.39, 0.29) is 11.9 Å². The normalized spacial score (nSPS) is 21.5. The third-order valence-electron chi connectivity index (χ3n) is 2.96. The number of ketones is 1. The number of carbonyl (C=O) groups excluding carboxylic acids is 1. The van der Waals surface area contributed by atoms with Crippen molar-refractivity contribution in [3.63, 3.8) is 0 Å². The fourth-order valence-electron chi connectivity index (χ4n) is 2.08. The van der Waals surface area contributed by atoms with Crippen molar-refractivity contribution in [1.29, 1.82) is 0 Å². The summed E-state index contributed by atoms with van der Waals surface area (Å²) in [5.41, 5.74) is 1.92. The molecule has 0 radical (unpaired) electrons. The average molecular weight is 216 g/mol. The van der Waals surface area contributed by atoms with Gasteiger partial charge in [0.15, 0.2) is 0 Å².